The van der Waals surface area contributed by atoms with Crippen molar-refractivity contribution in [2.24, 2.45) is 0 Å². The third-order valence-corrected chi connectivity index (χ3v) is 9.27. The molecule has 0 saturated carbocycles. The van der Waals surface area contributed by atoms with Crippen LogP contribution in [0.1, 0.15) is 39.2 Å². The maximum absolute atomic E-state index is 12.7. The van der Waals surface area contributed by atoms with Crippen molar-refractivity contribution in [3.63, 3.8) is 0 Å². The second-order valence-electron chi connectivity index (χ2n) is 11.2. The number of nitrogens with zero attached hydrogens (tertiary/aromatic N) is 4. The minimum absolute atomic E-state index is 0.0174. The van der Waals surface area contributed by atoms with Crippen LogP contribution >= 0.6 is 22.9 Å². The summed E-state index contributed by atoms with van der Waals surface area (Å²) in [5.74, 6) is 1.29. The molecule has 1 fully saturated rings. The monoisotopic (exact) mass is 656 g/mol. The number of ether oxygens (including phenoxy) is 2. The Bertz CT molecular complexity index is 1730. The third-order valence-electron chi connectivity index (χ3n) is 6.53. The molecule has 1 saturated heterocycles. The van der Waals surface area contributed by atoms with Gasteiger partial charge in [0.05, 0.1) is 16.2 Å². The fourth-order valence-corrected chi connectivity index (χ4v) is 6.77. The zero-order chi connectivity index (χ0) is 31.3. The van der Waals surface area contributed by atoms with Gasteiger partial charge in [-0.3, -0.25) is 0 Å². The highest BCUT2D eigenvalue weighted by atomic mass is 35.5. The summed E-state index contributed by atoms with van der Waals surface area (Å²) >= 11 is 7.45. The Balaban J connectivity index is 1.24. The molecule has 232 valence electrons. The number of anilines is 1. The van der Waals surface area contributed by atoms with Crippen molar-refractivity contribution in [2.45, 2.75) is 56.7 Å². The van der Waals surface area contributed by atoms with Crippen molar-refractivity contribution in [2.75, 3.05) is 18.4 Å². The lowest BCUT2D eigenvalue weighted by atomic mass is 10.1. The number of aromatic nitrogens is 3. The number of benzene rings is 2. The zero-order valence-electron chi connectivity index (χ0n) is 24.5. The third kappa shape index (κ3) is 8.23. The first-order chi connectivity index (χ1) is 21.0. The van der Waals surface area contributed by atoms with E-state index >= 15 is 0 Å². The fourth-order valence-electron chi connectivity index (χ4n) is 4.55. The van der Waals surface area contributed by atoms with Gasteiger partial charge in [0.2, 0.25) is 21.9 Å². The molecule has 4 aromatic rings. The largest absolute Gasteiger partial charge is 0.444 e. The van der Waals surface area contributed by atoms with Crippen LogP contribution in [0.15, 0.2) is 71.2 Å². The van der Waals surface area contributed by atoms with E-state index in [1.165, 1.54) is 23.5 Å². The van der Waals surface area contributed by atoms with E-state index in [9.17, 15) is 13.2 Å². The van der Waals surface area contributed by atoms with Crippen LogP contribution in [-0.4, -0.2) is 59.1 Å². The average molecular weight is 657 g/mol. The molecule has 44 heavy (non-hydrogen) atoms. The normalized spacial score (nSPS) is 15.5. The SMILES string of the molecule is CC(C)(C)OC(=O)N1CCC[C@H](Nc2nccc(-c3scnc3Oc3cccc(CNS(=O)(=O)c4ccccc4Cl)c3)n2)C1. The number of halogens is 1. The summed E-state index contributed by atoms with van der Waals surface area (Å²) in [4.78, 5) is 28.5. The summed E-state index contributed by atoms with van der Waals surface area (Å²) in [7, 11) is -3.80. The van der Waals surface area contributed by atoms with E-state index in [2.05, 4.69) is 20.0 Å². The van der Waals surface area contributed by atoms with Crippen LogP contribution in [0.25, 0.3) is 10.6 Å². The van der Waals surface area contributed by atoms with E-state index < -0.39 is 15.6 Å². The average Bonchev–Trinajstić information content (AvgIpc) is 3.44. The molecule has 3 heterocycles. The Kier molecular flexibility index (Phi) is 9.68. The molecular weight excluding hydrogens is 624 g/mol. The Hall–Kier alpha value is -3.78. The molecule has 1 amide bonds. The lowest BCUT2D eigenvalue weighted by Crippen LogP contribution is -2.47. The highest BCUT2D eigenvalue weighted by Crippen LogP contribution is 2.35. The molecule has 0 radical (unpaired) electrons. The first kappa shape index (κ1) is 31.6. The van der Waals surface area contributed by atoms with Crippen molar-refractivity contribution in [3.8, 4) is 22.2 Å². The fraction of sp³-hybridized carbons (Fsp3) is 0.333. The van der Waals surface area contributed by atoms with Gasteiger partial charge in [-0.15, -0.1) is 11.3 Å². The van der Waals surface area contributed by atoms with Gasteiger partial charge in [0.25, 0.3) is 0 Å². The lowest BCUT2D eigenvalue weighted by molar-refractivity contribution is 0.0206. The number of sulfonamides is 1. The molecule has 14 heteroatoms. The highest BCUT2D eigenvalue weighted by molar-refractivity contribution is 7.89. The van der Waals surface area contributed by atoms with Crippen LogP contribution in [0, 0.1) is 0 Å². The van der Waals surface area contributed by atoms with Gasteiger partial charge in [-0.2, -0.15) is 0 Å². The van der Waals surface area contributed by atoms with Gasteiger partial charge in [0.1, 0.15) is 21.1 Å². The van der Waals surface area contributed by atoms with E-state index in [0.717, 1.165) is 12.8 Å². The van der Waals surface area contributed by atoms with Crippen LogP contribution in [0.5, 0.6) is 11.6 Å². The van der Waals surface area contributed by atoms with Gasteiger partial charge in [-0.1, -0.05) is 35.9 Å². The minimum atomic E-state index is -3.80. The summed E-state index contributed by atoms with van der Waals surface area (Å²) in [5, 5.41) is 3.51. The summed E-state index contributed by atoms with van der Waals surface area (Å²) in [6, 6.07) is 15.1. The molecule has 2 aromatic heterocycles. The highest BCUT2D eigenvalue weighted by Gasteiger charge is 2.28. The van der Waals surface area contributed by atoms with E-state index in [-0.39, 0.29) is 28.6 Å². The van der Waals surface area contributed by atoms with Crippen LogP contribution in [0.3, 0.4) is 0 Å². The van der Waals surface area contributed by atoms with Gasteiger partial charge in [-0.25, -0.2) is 32.9 Å². The summed E-state index contributed by atoms with van der Waals surface area (Å²) in [5.41, 5.74) is 2.43. The van der Waals surface area contributed by atoms with Crippen LogP contribution in [0.4, 0.5) is 10.7 Å². The molecule has 2 aromatic carbocycles. The summed E-state index contributed by atoms with van der Waals surface area (Å²) in [6.45, 7) is 6.73. The molecule has 1 aliphatic heterocycles. The van der Waals surface area contributed by atoms with Gasteiger partial charge in [0.15, 0.2) is 0 Å². The maximum Gasteiger partial charge on any atom is 0.410 e. The number of carbonyl (C=O) groups excluding carboxylic acids is 1. The van der Waals surface area contributed by atoms with Crippen molar-refractivity contribution in [1.29, 1.82) is 0 Å². The lowest BCUT2D eigenvalue weighted by Gasteiger charge is -2.34. The van der Waals surface area contributed by atoms with Crippen LogP contribution in [0.2, 0.25) is 5.02 Å². The van der Waals surface area contributed by atoms with Crippen molar-refractivity contribution in [3.05, 3.63) is 76.9 Å². The number of rotatable bonds is 9. The summed E-state index contributed by atoms with van der Waals surface area (Å²) in [6.07, 6.45) is 3.04. The van der Waals surface area contributed by atoms with Crippen molar-refractivity contribution >= 4 is 45.0 Å². The molecule has 11 nitrogen and oxygen atoms in total. The van der Waals surface area contributed by atoms with Crippen molar-refractivity contribution < 1.29 is 22.7 Å². The van der Waals surface area contributed by atoms with E-state index in [0.29, 0.717) is 46.8 Å². The van der Waals surface area contributed by atoms with Gasteiger partial charge >= 0.3 is 6.09 Å². The van der Waals surface area contributed by atoms with E-state index in [1.807, 2.05) is 20.8 Å². The van der Waals surface area contributed by atoms with Gasteiger partial charge in [-0.05, 0) is 69.5 Å². The molecule has 2 N–H and O–H groups in total. The zero-order valence-corrected chi connectivity index (χ0v) is 26.9. The maximum atomic E-state index is 12.7. The second-order valence-corrected chi connectivity index (χ2v) is 14.2. The van der Waals surface area contributed by atoms with E-state index in [1.54, 1.807) is 59.1 Å². The predicted octanol–water partition coefficient (Wildman–Crippen LogP) is 6.34. The molecule has 1 aliphatic rings. The standard InChI is InChI=1S/C30H33ClN6O5S2/c1-30(2,3)42-29(38)37-15-7-9-21(18-37)35-28-32-14-13-24(36-28)26-27(33-19-43-26)41-22-10-6-8-20(16-22)17-34-44(39,40)25-12-5-4-11-23(25)31/h4-6,8,10-14,16,19,21,34H,7,9,15,17-18H2,1-3H3,(H,32,35,36)/t21-/m0/s1. The topological polar surface area (TPSA) is 136 Å². The predicted molar refractivity (Wildman–Crippen MR) is 170 cm³/mol. The Morgan fingerprint density at radius 3 is 2.75 bits per heavy atom. The number of piperidine rings is 1. The Morgan fingerprint density at radius 2 is 1.95 bits per heavy atom. The van der Waals surface area contributed by atoms with E-state index in [4.69, 9.17) is 26.1 Å². The number of hydrogen-bond acceptors (Lipinski definition) is 10. The van der Waals surface area contributed by atoms with Crippen LogP contribution < -0.4 is 14.8 Å². The molecule has 0 spiro atoms. The van der Waals surface area contributed by atoms with Gasteiger partial charge < -0.3 is 19.7 Å². The molecule has 0 unspecified atom stereocenters. The molecule has 1 atom stereocenters. The van der Waals surface area contributed by atoms with Crippen LogP contribution in [-0.2, 0) is 21.3 Å². The number of carbonyl (C=O) groups is 1. The molecular formula is C30H33ClN6O5S2. The first-order valence-electron chi connectivity index (χ1n) is 14.0. The smallest absolute Gasteiger partial charge is 0.410 e. The number of amides is 1. The van der Waals surface area contributed by atoms with Crippen molar-refractivity contribution in [1.82, 2.24) is 24.6 Å². The quantitative estimate of drug-likeness (QED) is 0.212. The number of thiazole rings is 1. The molecule has 0 bridgehead atoms. The summed E-state index contributed by atoms with van der Waals surface area (Å²) < 4.78 is 39.7. The number of likely N-dealkylation sites (tertiary alicyclic amines) is 1. The molecule has 0 aliphatic carbocycles. The number of nitrogens with one attached hydrogen (secondary N) is 2. The second kappa shape index (κ2) is 13.5. The number of hydrogen-bond donors (Lipinski definition) is 2. The molecule has 5 rings (SSSR count). The first-order valence-corrected chi connectivity index (χ1v) is 16.7. The minimum Gasteiger partial charge on any atom is -0.444 e. The Labute approximate surface area is 265 Å². The Morgan fingerprint density at radius 1 is 1.14 bits per heavy atom. The van der Waals surface area contributed by atoms with Gasteiger partial charge in [0, 0.05) is 31.9 Å².